The van der Waals surface area contributed by atoms with Gasteiger partial charge in [0, 0.05) is 5.56 Å². The lowest BCUT2D eigenvalue weighted by atomic mass is 9.92. The minimum absolute atomic E-state index is 0.0838. The highest BCUT2D eigenvalue weighted by Gasteiger charge is 2.32. The van der Waals surface area contributed by atoms with Crippen LogP contribution in [0.3, 0.4) is 0 Å². The van der Waals surface area contributed by atoms with Gasteiger partial charge in [-0.3, -0.25) is 0 Å². The first-order chi connectivity index (χ1) is 13.2. The molecule has 134 valence electrons. The maximum atomic E-state index is 14.7. The van der Waals surface area contributed by atoms with Gasteiger partial charge in [-0.2, -0.15) is 0 Å². The van der Waals surface area contributed by atoms with E-state index in [2.05, 4.69) is 9.88 Å². The topological polar surface area (TPSA) is 29.9 Å². The summed E-state index contributed by atoms with van der Waals surface area (Å²) in [7, 11) is 0. The van der Waals surface area contributed by atoms with Crippen LogP contribution in [0.25, 0.3) is 11.0 Å². The fourth-order valence-electron chi connectivity index (χ4n) is 3.93. The number of nitrogens with zero attached hydrogens (tertiary/aromatic N) is 2. The average molecular weight is 361 g/mol. The van der Waals surface area contributed by atoms with Crippen molar-refractivity contribution in [3.63, 3.8) is 0 Å². The Balaban J connectivity index is 1.68. The lowest BCUT2D eigenvalue weighted by Gasteiger charge is -2.33. The molecule has 2 atom stereocenters. The number of rotatable bonds is 2. The van der Waals surface area contributed by atoms with Gasteiger partial charge >= 0.3 is 0 Å². The van der Waals surface area contributed by atoms with Gasteiger partial charge in [-0.1, -0.05) is 42.5 Å². The van der Waals surface area contributed by atoms with Crippen LogP contribution in [0.1, 0.15) is 29.6 Å². The molecule has 0 spiro atoms. The molecule has 0 amide bonds. The summed E-state index contributed by atoms with van der Waals surface area (Å²) in [5, 5.41) is 3.45. The maximum absolute atomic E-state index is 14.7. The predicted octanol–water partition coefficient (Wildman–Crippen LogP) is 5.46. The number of para-hydroxylation sites is 2. The normalized spacial score (nSPS) is 18.9. The van der Waals surface area contributed by atoms with Crippen molar-refractivity contribution < 1.29 is 8.78 Å². The summed E-state index contributed by atoms with van der Waals surface area (Å²) in [6.45, 7) is 0. The minimum atomic E-state index is -0.271. The van der Waals surface area contributed by atoms with Crippen LogP contribution in [0, 0.1) is 11.6 Å². The zero-order valence-corrected chi connectivity index (χ0v) is 14.4. The molecule has 0 fully saturated rings. The van der Waals surface area contributed by atoms with E-state index >= 15 is 0 Å². The molecule has 2 heterocycles. The van der Waals surface area contributed by atoms with Gasteiger partial charge in [-0.15, -0.1) is 0 Å². The third-order valence-corrected chi connectivity index (χ3v) is 5.21. The fourth-order valence-corrected chi connectivity index (χ4v) is 3.93. The summed E-state index contributed by atoms with van der Waals surface area (Å²) < 4.78 is 30.1. The van der Waals surface area contributed by atoms with Gasteiger partial charge in [-0.25, -0.2) is 13.8 Å². The summed E-state index contributed by atoms with van der Waals surface area (Å²) in [6, 6.07) is 20.9. The Morgan fingerprint density at radius 3 is 2.44 bits per heavy atom. The van der Waals surface area contributed by atoms with Crippen molar-refractivity contribution in [3.05, 3.63) is 95.6 Å². The van der Waals surface area contributed by atoms with Crippen LogP contribution in [0.4, 0.5) is 14.7 Å². The summed E-state index contributed by atoms with van der Waals surface area (Å²) in [5.74, 6) is 0.198. The van der Waals surface area contributed by atoms with E-state index in [0.29, 0.717) is 17.9 Å². The van der Waals surface area contributed by atoms with Gasteiger partial charge in [0.2, 0.25) is 5.95 Å². The lowest BCUT2D eigenvalue weighted by Crippen LogP contribution is -2.27. The van der Waals surface area contributed by atoms with Crippen molar-refractivity contribution in [3.8, 4) is 0 Å². The van der Waals surface area contributed by atoms with Crippen molar-refractivity contribution in [1.82, 2.24) is 9.55 Å². The molecule has 0 saturated carbocycles. The first kappa shape index (κ1) is 16.0. The van der Waals surface area contributed by atoms with Crippen molar-refractivity contribution in [2.75, 3.05) is 5.32 Å². The second-order valence-electron chi connectivity index (χ2n) is 6.82. The predicted molar refractivity (Wildman–Crippen MR) is 102 cm³/mol. The van der Waals surface area contributed by atoms with Crippen LogP contribution in [-0.4, -0.2) is 9.55 Å². The van der Waals surface area contributed by atoms with Gasteiger partial charge in [0.25, 0.3) is 0 Å². The third kappa shape index (κ3) is 2.67. The maximum Gasteiger partial charge on any atom is 0.204 e. The van der Waals surface area contributed by atoms with Crippen LogP contribution in [0.15, 0.2) is 72.8 Å². The molecule has 4 aromatic rings. The van der Waals surface area contributed by atoms with E-state index in [-0.39, 0.29) is 23.7 Å². The molecule has 0 bridgehead atoms. The molecule has 1 aliphatic heterocycles. The van der Waals surface area contributed by atoms with Gasteiger partial charge < -0.3 is 9.88 Å². The highest BCUT2D eigenvalue weighted by atomic mass is 19.1. The molecule has 3 nitrogen and oxygen atoms in total. The first-order valence-corrected chi connectivity index (χ1v) is 8.94. The molecule has 1 aromatic heterocycles. The van der Waals surface area contributed by atoms with Gasteiger partial charge in [0.05, 0.1) is 23.1 Å². The number of imidazole rings is 1. The van der Waals surface area contributed by atoms with E-state index in [1.807, 2.05) is 36.4 Å². The SMILES string of the molecule is Fc1ccc([C@H]2C[C@@H](c3ccccc3F)n3c(nc4ccccc43)N2)cc1. The number of aromatic nitrogens is 2. The van der Waals surface area contributed by atoms with E-state index in [1.165, 1.54) is 18.2 Å². The molecule has 1 aliphatic rings. The second-order valence-corrected chi connectivity index (χ2v) is 6.82. The van der Waals surface area contributed by atoms with E-state index in [4.69, 9.17) is 4.98 Å². The lowest BCUT2D eigenvalue weighted by molar-refractivity contribution is 0.456. The van der Waals surface area contributed by atoms with Crippen molar-refractivity contribution in [2.24, 2.45) is 0 Å². The smallest absolute Gasteiger partial charge is 0.204 e. The number of anilines is 1. The number of hydrogen-bond donors (Lipinski definition) is 1. The zero-order chi connectivity index (χ0) is 18.4. The summed E-state index contributed by atoms with van der Waals surface area (Å²) in [4.78, 5) is 4.71. The molecule has 0 saturated heterocycles. The molecular weight excluding hydrogens is 344 g/mol. The van der Waals surface area contributed by atoms with Crippen LogP contribution in [-0.2, 0) is 0 Å². The van der Waals surface area contributed by atoms with Crippen LogP contribution in [0.2, 0.25) is 0 Å². The Morgan fingerprint density at radius 1 is 0.889 bits per heavy atom. The molecule has 5 rings (SSSR count). The Bertz CT molecular complexity index is 1120. The summed E-state index contributed by atoms with van der Waals surface area (Å²) in [6.07, 6.45) is 0.639. The molecule has 0 aliphatic carbocycles. The quantitative estimate of drug-likeness (QED) is 0.514. The Kier molecular flexibility index (Phi) is 3.67. The largest absolute Gasteiger partial charge is 0.349 e. The van der Waals surface area contributed by atoms with Gasteiger partial charge in [0.1, 0.15) is 11.6 Å². The summed E-state index contributed by atoms with van der Waals surface area (Å²) >= 11 is 0. The number of nitrogens with one attached hydrogen (secondary N) is 1. The van der Waals surface area contributed by atoms with Crippen LogP contribution in [0.5, 0.6) is 0 Å². The molecular formula is C22H17F2N3. The van der Waals surface area contributed by atoms with Gasteiger partial charge in [-0.05, 0) is 42.3 Å². The third-order valence-electron chi connectivity index (χ3n) is 5.21. The number of halogens is 2. The number of hydrogen-bond acceptors (Lipinski definition) is 2. The van der Waals surface area contributed by atoms with E-state index < -0.39 is 0 Å². The second kappa shape index (κ2) is 6.20. The molecule has 1 N–H and O–H groups in total. The Hall–Kier alpha value is -3.21. The fraction of sp³-hybridized carbons (Fsp3) is 0.136. The Labute approximate surface area is 155 Å². The van der Waals surface area contributed by atoms with Crippen molar-refractivity contribution in [1.29, 1.82) is 0 Å². The molecule has 5 heteroatoms. The first-order valence-electron chi connectivity index (χ1n) is 8.94. The number of fused-ring (bicyclic) bond motifs is 3. The van der Waals surface area contributed by atoms with Crippen LogP contribution < -0.4 is 5.32 Å². The standard InChI is InChI=1S/C22H17F2N3/c23-15-11-9-14(10-12-15)19-13-21(16-5-1-2-6-17(16)24)27-20-8-4-3-7-18(20)25-22(27)26-19/h1-12,19,21H,13H2,(H,25,26)/t19-,21+/m1/s1. The van der Waals surface area contributed by atoms with Crippen molar-refractivity contribution in [2.45, 2.75) is 18.5 Å². The van der Waals surface area contributed by atoms with Crippen LogP contribution >= 0.6 is 0 Å². The Morgan fingerprint density at radius 2 is 1.63 bits per heavy atom. The van der Waals surface area contributed by atoms with E-state index in [9.17, 15) is 8.78 Å². The molecule has 0 radical (unpaired) electrons. The van der Waals surface area contributed by atoms with E-state index in [1.54, 1.807) is 18.2 Å². The van der Waals surface area contributed by atoms with E-state index in [0.717, 1.165) is 16.6 Å². The average Bonchev–Trinajstić information content (AvgIpc) is 3.07. The zero-order valence-electron chi connectivity index (χ0n) is 14.4. The molecule has 27 heavy (non-hydrogen) atoms. The summed E-state index contributed by atoms with van der Waals surface area (Å²) in [5.41, 5.74) is 3.42. The monoisotopic (exact) mass is 361 g/mol. The van der Waals surface area contributed by atoms with Gasteiger partial charge in [0.15, 0.2) is 0 Å². The molecule has 3 aromatic carbocycles. The molecule has 0 unspecified atom stereocenters. The minimum Gasteiger partial charge on any atom is -0.349 e. The number of benzene rings is 3. The van der Waals surface area contributed by atoms with Crippen molar-refractivity contribution >= 4 is 17.0 Å². The highest BCUT2D eigenvalue weighted by molar-refractivity contribution is 5.79. The highest BCUT2D eigenvalue weighted by Crippen LogP contribution is 2.41.